The van der Waals surface area contributed by atoms with Crippen LogP contribution in [-0.4, -0.2) is 47.5 Å². The third kappa shape index (κ3) is 7.39. The topological polar surface area (TPSA) is 73.8 Å². The number of rotatable bonds is 8. The zero-order chi connectivity index (χ0) is 20.5. The van der Waals surface area contributed by atoms with E-state index in [2.05, 4.69) is 15.6 Å². The number of nitrogens with zero attached hydrogens (tertiary/aromatic N) is 2. The van der Waals surface area contributed by atoms with E-state index in [-0.39, 0.29) is 35.9 Å². The van der Waals surface area contributed by atoms with Crippen molar-refractivity contribution in [3.8, 4) is 0 Å². The Kier molecular flexibility index (Phi) is 10.3. The van der Waals surface area contributed by atoms with Crippen LogP contribution in [0.1, 0.15) is 18.9 Å². The standard InChI is InChI=1S/C22H28N4O2S.HI/c1-2-23-22(24-13-14-29(28)17-18-9-5-3-6-10-18)25-19-15-21(27)26(16-19)20-11-7-4-8-12-20;/h3-12,19H,2,13-17H2,1H3,(H2,23,24,25);1H. The predicted molar refractivity (Wildman–Crippen MR) is 135 cm³/mol. The zero-order valence-corrected chi connectivity index (χ0v) is 20.3. The molecule has 0 saturated carbocycles. The number of aliphatic imine (C=N–C) groups is 1. The predicted octanol–water partition coefficient (Wildman–Crippen LogP) is 2.91. The number of benzene rings is 2. The third-order valence-electron chi connectivity index (χ3n) is 4.64. The van der Waals surface area contributed by atoms with Gasteiger partial charge in [-0.25, -0.2) is 0 Å². The molecule has 1 aliphatic heterocycles. The van der Waals surface area contributed by atoms with Gasteiger partial charge in [-0.15, -0.1) is 24.0 Å². The molecule has 1 saturated heterocycles. The number of carbonyl (C=O) groups is 1. The maximum Gasteiger partial charge on any atom is 0.229 e. The molecule has 30 heavy (non-hydrogen) atoms. The van der Waals surface area contributed by atoms with Crippen LogP contribution in [0.2, 0.25) is 0 Å². The number of amides is 1. The lowest BCUT2D eigenvalue weighted by molar-refractivity contribution is -0.117. The van der Waals surface area contributed by atoms with Crippen molar-refractivity contribution in [1.82, 2.24) is 10.6 Å². The number of nitrogens with one attached hydrogen (secondary N) is 2. The molecule has 2 N–H and O–H groups in total. The molecule has 2 aromatic rings. The summed E-state index contributed by atoms with van der Waals surface area (Å²) in [5, 5.41) is 6.56. The summed E-state index contributed by atoms with van der Waals surface area (Å²) in [4.78, 5) is 18.7. The van der Waals surface area contributed by atoms with Crippen molar-refractivity contribution >= 4 is 52.3 Å². The first-order valence-electron chi connectivity index (χ1n) is 9.95. The van der Waals surface area contributed by atoms with Crippen molar-refractivity contribution in [2.24, 2.45) is 4.99 Å². The van der Waals surface area contributed by atoms with Crippen LogP contribution in [0, 0.1) is 0 Å². The van der Waals surface area contributed by atoms with Crippen LogP contribution in [0.3, 0.4) is 0 Å². The first-order valence-corrected chi connectivity index (χ1v) is 11.4. The Balaban J connectivity index is 0.00000320. The fourth-order valence-electron chi connectivity index (χ4n) is 3.27. The number of anilines is 1. The summed E-state index contributed by atoms with van der Waals surface area (Å²) in [5.74, 6) is 1.82. The van der Waals surface area contributed by atoms with E-state index in [1.165, 1.54) is 0 Å². The number of hydrogen-bond acceptors (Lipinski definition) is 3. The Labute approximate surface area is 198 Å². The van der Waals surface area contributed by atoms with E-state index in [1.54, 1.807) is 4.90 Å². The molecule has 1 aliphatic rings. The quantitative estimate of drug-likeness (QED) is 0.307. The molecule has 8 heteroatoms. The molecular weight excluding hydrogens is 511 g/mol. The summed E-state index contributed by atoms with van der Waals surface area (Å²) >= 11 is 0. The van der Waals surface area contributed by atoms with Gasteiger partial charge in [-0.1, -0.05) is 48.5 Å². The highest BCUT2D eigenvalue weighted by Crippen LogP contribution is 2.20. The Hall–Kier alpha value is -1.94. The lowest BCUT2D eigenvalue weighted by atomic mass is 10.2. The Bertz CT molecular complexity index is 849. The minimum absolute atomic E-state index is 0. The highest BCUT2D eigenvalue weighted by Gasteiger charge is 2.31. The van der Waals surface area contributed by atoms with Crippen LogP contribution < -0.4 is 15.5 Å². The second kappa shape index (κ2) is 12.7. The van der Waals surface area contributed by atoms with E-state index in [0.717, 1.165) is 17.8 Å². The summed E-state index contributed by atoms with van der Waals surface area (Å²) in [6, 6.07) is 19.5. The minimum atomic E-state index is -0.957. The Morgan fingerprint density at radius 2 is 1.80 bits per heavy atom. The normalized spacial score (nSPS) is 17.4. The van der Waals surface area contributed by atoms with Gasteiger partial charge >= 0.3 is 0 Å². The Morgan fingerprint density at radius 1 is 1.13 bits per heavy atom. The van der Waals surface area contributed by atoms with Crippen LogP contribution in [0.25, 0.3) is 0 Å². The lowest BCUT2D eigenvalue weighted by Gasteiger charge is -2.19. The average Bonchev–Trinajstić information content (AvgIpc) is 3.09. The number of para-hydroxylation sites is 1. The van der Waals surface area contributed by atoms with Crippen LogP contribution in [0.5, 0.6) is 0 Å². The first-order chi connectivity index (χ1) is 14.2. The van der Waals surface area contributed by atoms with Crippen LogP contribution in [0.15, 0.2) is 65.7 Å². The number of halogens is 1. The summed E-state index contributed by atoms with van der Waals surface area (Å²) in [5.41, 5.74) is 1.99. The van der Waals surface area contributed by atoms with Gasteiger partial charge < -0.3 is 15.5 Å². The molecule has 162 valence electrons. The summed E-state index contributed by atoms with van der Waals surface area (Å²) in [7, 11) is -0.957. The van der Waals surface area contributed by atoms with E-state index in [0.29, 0.717) is 37.0 Å². The second-order valence-electron chi connectivity index (χ2n) is 6.92. The lowest BCUT2D eigenvalue weighted by Crippen LogP contribution is -2.44. The van der Waals surface area contributed by atoms with Crippen molar-refractivity contribution < 1.29 is 9.00 Å². The van der Waals surface area contributed by atoms with Crippen molar-refractivity contribution in [1.29, 1.82) is 0 Å². The van der Waals surface area contributed by atoms with Gasteiger partial charge in [0.05, 0.1) is 12.6 Å². The van der Waals surface area contributed by atoms with Gasteiger partial charge in [-0.05, 0) is 24.6 Å². The summed E-state index contributed by atoms with van der Waals surface area (Å²) in [6.45, 7) is 3.80. The fourth-order valence-corrected chi connectivity index (χ4v) is 4.27. The van der Waals surface area contributed by atoms with Gasteiger partial charge in [0.15, 0.2) is 5.96 Å². The largest absolute Gasteiger partial charge is 0.357 e. The van der Waals surface area contributed by atoms with E-state index < -0.39 is 10.8 Å². The first kappa shape index (κ1) is 24.3. The van der Waals surface area contributed by atoms with Crippen molar-refractivity contribution in [2.45, 2.75) is 25.1 Å². The molecule has 0 bridgehead atoms. The monoisotopic (exact) mass is 540 g/mol. The molecule has 0 spiro atoms. The van der Waals surface area contributed by atoms with Gasteiger partial charge in [-0.3, -0.25) is 14.0 Å². The minimum Gasteiger partial charge on any atom is -0.357 e. The van der Waals surface area contributed by atoms with E-state index in [1.807, 2.05) is 67.6 Å². The maximum atomic E-state index is 12.4. The molecule has 1 fully saturated rings. The molecule has 6 nitrogen and oxygen atoms in total. The summed E-state index contributed by atoms with van der Waals surface area (Å²) in [6.07, 6.45) is 0.430. The van der Waals surface area contributed by atoms with Gasteiger partial charge in [0.1, 0.15) is 0 Å². The van der Waals surface area contributed by atoms with Gasteiger partial charge in [0, 0.05) is 47.5 Å². The van der Waals surface area contributed by atoms with Crippen LogP contribution in [-0.2, 0) is 21.3 Å². The summed E-state index contributed by atoms with van der Waals surface area (Å²) < 4.78 is 12.3. The van der Waals surface area contributed by atoms with Gasteiger partial charge in [-0.2, -0.15) is 0 Å². The highest BCUT2D eigenvalue weighted by molar-refractivity contribution is 14.0. The van der Waals surface area contributed by atoms with Crippen molar-refractivity contribution in [3.05, 3.63) is 66.2 Å². The number of guanidine groups is 1. The zero-order valence-electron chi connectivity index (χ0n) is 17.1. The highest BCUT2D eigenvalue weighted by atomic mass is 127. The van der Waals surface area contributed by atoms with Crippen LogP contribution >= 0.6 is 24.0 Å². The fraction of sp³-hybridized carbons (Fsp3) is 0.364. The smallest absolute Gasteiger partial charge is 0.229 e. The molecule has 0 aromatic heterocycles. The number of hydrogen-bond donors (Lipinski definition) is 2. The van der Waals surface area contributed by atoms with E-state index in [4.69, 9.17) is 0 Å². The molecule has 3 rings (SSSR count). The number of carbonyl (C=O) groups excluding carboxylic acids is 1. The molecule has 2 aromatic carbocycles. The maximum absolute atomic E-state index is 12.4. The molecule has 2 unspecified atom stereocenters. The van der Waals surface area contributed by atoms with E-state index >= 15 is 0 Å². The third-order valence-corrected chi connectivity index (χ3v) is 5.93. The molecule has 1 heterocycles. The molecule has 2 atom stereocenters. The SMILES string of the molecule is CCNC(=NCCS(=O)Cc1ccccc1)NC1CC(=O)N(c2ccccc2)C1.I. The molecule has 0 radical (unpaired) electrons. The second-order valence-corrected chi connectivity index (χ2v) is 8.50. The van der Waals surface area contributed by atoms with Crippen molar-refractivity contribution in [2.75, 3.05) is 30.3 Å². The van der Waals surface area contributed by atoms with Gasteiger partial charge in [0.25, 0.3) is 0 Å². The van der Waals surface area contributed by atoms with Crippen molar-refractivity contribution in [3.63, 3.8) is 0 Å². The molecule has 0 aliphatic carbocycles. The molecular formula is C22H29IN4O2S. The Morgan fingerprint density at radius 3 is 2.47 bits per heavy atom. The average molecular weight is 540 g/mol. The van der Waals surface area contributed by atoms with Crippen LogP contribution in [0.4, 0.5) is 5.69 Å². The van der Waals surface area contributed by atoms with Gasteiger partial charge in [0.2, 0.25) is 5.91 Å². The van der Waals surface area contributed by atoms with E-state index in [9.17, 15) is 9.00 Å². The molecule has 1 amide bonds.